The predicted octanol–water partition coefficient (Wildman–Crippen LogP) is 2.15. The van der Waals surface area contributed by atoms with Crippen molar-refractivity contribution in [1.82, 2.24) is 9.97 Å². The van der Waals surface area contributed by atoms with Crippen LogP contribution in [0.25, 0.3) is 0 Å². The number of nitrogens with two attached hydrogens (primary N) is 1. The summed E-state index contributed by atoms with van der Waals surface area (Å²) in [6, 6.07) is 6.61. The van der Waals surface area contributed by atoms with E-state index in [1.807, 2.05) is 6.92 Å². The van der Waals surface area contributed by atoms with Gasteiger partial charge in [0.15, 0.2) is 11.6 Å². The molecule has 150 valence electrons. The lowest BCUT2D eigenvalue weighted by molar-refractivity contribution is 0.0578. The molecule has 10 heteroatoms. The summed E-state index contributed by atoms with van der Waals surface area (Å²) in [7, 11) is -3.75. The topological polar surface area (TPSA) is 119 Å². The smallest absolute Gasteiger partial charge is 0.430 e. The number of sulfonamides is 1. The molecule has 2 aromatic rings. The highest BCUT2D eigenvalue weighted by Gasteiger charge is 2.34. The molecule has 0 bridgehead atoms. The molecule has 0 saturated carbocycles. The molecule has 9 nitrogen and oxygen atoms in total. The second-order valence-electron chi connectivity index (χ2n) is 7.49. The number of aryl methyl sites for hydroxylation is 1. The molecule has 0 saturated heterocycles. The largest absolute Gasteiger partial charge is 0.442 e. The molecule has 0 spiro atoms. The Morgan fingerprint density at radius 1 is 1.25 bits per heavy atom. The number of carbonyl (C=O) groups is 1. The van der Waals surface area contributed by atoms with E-state index in [-0.39, 0.29) is 23.1 Å². The molecule has 0 radical (unpaired) electrons. The van der Waals surface area contributed by atoms with E-state index in [2.05, 4.69) is 9.97 Å². The number of rotatable bonds is 3. The van der Waals surface area contributed by atoms with Crippen LogP contribution in [0.15, 0.2) is 35.4 Å². The quantitative estimate of drug-likeness (QED) is 0.472. The number of nitrogens with zero attached hydrogens (tertiary/aromatic N) is 4. The number of hydrazine groups is 1. The predicted molar refractivity (Wildman–Crippen MR) is 104 cm³/mol. The third-order valence-corrected chi connectivity index (χ3v) is 5.85. The molecule has 0 fully saturated rings. The monoisotopic (exact) mass is 405 g/mol. The van der Waals surface area contributed by atoms with Gasteiger partial charge in [-0.05, 0) is 39.8 Å². The maximum Gasteiger partial charge on any atom is 0.430 e. The van der Waals surface area contributed by atoms with E-state index in [1.54, 1.807) is 45.0 Å². The van der Waals surface area contributed by atoms with Gasteiger partial charge in [-0.2, -0.15) is 5.01 Å². The molecule has 1 aliphatic heterocycles. The summed E-state index contributed by atoms with van der Waals surface area (Å²) in [5.74, 6) is 6.11. The molecule has 1 aromatic heterocycles. The van der Waals surface area contributed by atoms with E-state index in [0.717, 1.165) is 10.6 Å². The van der Waals surface area contributed by atoms with Crippen LogP contribution in [0.5, 0.6) is 0 Å². The van der Waals surface area contributed by atoms with E-state index in [1.165, 1.54) is 10.5 Å². The zero-order chi connectivity index (χ0) is 20.7. The second-order valence-corrected chi connectivity index (χ2v) is 9.35. The van der Waals surface area contributed by atoms with E-state index in [4.69, 9.17) is 10.6 Å². The fraction of sp³-hybridized carbons (Fsp3) is 0.389. The summed E-state index contributed by atoms with van der Waals surface area (Å²) in [5.41, 5.74) is 0.709. The Hall–Kier alpha value is -2.72. The SMILES string of the molecule is Cc1ccc(S(=O)(=O)N2CCc3nc(N(N)C(=O)OC(C)(C)C)cnc32)cc1. The Morgan fingerprint density at radius 3 is 2.50 bits per heavy atom. The fourth-order valence-corrected chi connectivity index (χ4v) is 4.14. The van der Waals surface area contributed by atoms with Crippen LogP contribution in [0.1, 0.15) is 32.0 Å². The molecule has 3 rings (SSSR count). The van der Waals surface area contributed by atoms with Crippen LogP contribution in [-0.2, 0) is 21.2 Å². The molecule has 0 atom stereocenters. The van der Waals surface area contributed by atoms with Gasteiger partial charge in [0, 0.05) is 13.0 Å². The first-order valence-electron chi connectivity index (χ1n) is 8.72. The van der Waals surface area contributed by atoms with Crippen molar-refractivity contribution in [3.63, 3.8) is 0 Å². The highest BCUT2D eigenvalue weighted by Crippen LogP contribution is 2.31. The number of ether oxygens (including phenoxy) is 1. The zero-order valence-electron chi connectivity index (χ0n) is 16.2. The highest BCUT2D eigenvalue weighted by molar-refractivity contribution is 7.92. The number of carbonyl (C=O) groups excluding carboxylic acids is 1. The van der Waals surface area contributed by atoms with Gasteiger partial charge in [-0.1, -0.05) is 17.7 Å². The van der Waals surface area contributed by atoms with Crippen molar-refractivity contribution in [3.05, 3.63) is 41.7 Å². The molecule has 0 unspecified atom stereocenters. The van der Waals surface area contributed by atoms with Crippen molar-refractivity contribution < 1.29 is 17.9 Å². The number of fused-ring (bicyclic) bond motifs is 1. The van der Waals surface area contributed by atoms with Gasteiger partial charge in [0.2, 0.25) is 0 Å². The van der Waals surface area contributed by atoms with Crippen LogP contribution in [0.4, 0.5) is 16.4 Å². The average Bonchev–Trinajstić information content (AvgIpc) is 3.04. The normalized spacial score (nSPS) is 14.0. The first kappa shape index (κ1) is 20.0. The Morgan fingerprint density at radius 2 is 1.89 bits per heavy atom. The molecule has 2 heterocycles. The summed E-state index contributed by atoms with van der Waals surface area (Å²) in [4.78, 5) is 20.8. The molecule has 1 aliphatic rings. The van der Waals surface area contributed by atoms with Crippen molar-refractivity contribution in [2.75, 3.05) is 15.9 Å². The number of hydrogen-bond donors (Lipinski definition) is 1. The van der Waals surface area contributed by atoms with Crippen molar-refractivity contribution >= 4 is 27.8 Å². The van der Waals surface area contributed by atoms with Gasteiger partial charge in [0.05, 0.1) is 16.8 Å². The maximum absolute atomic E-state index is 12.9. The van der Waals surface area contributed by atoms with E-state index in [9.17, 15) is 13.2 Å². The molecule has 28 heavy (non-hydrogen) atoms. The second kappa shape index (κ2) is 7.02. The van der Waals surface area contributed by atoms with Gasteiger partial charge in [-0.3, -0.25) is 0 Å². The standard InChI is InChI=1S/C18H23N5O4S/c1-12-5-7-13(8-6-12)28(25,26)22-10-9-14-16(22)20-11-15(21-14)23(19)17(24)27-18(2,3)4/h5-8,11H,9-10,19H2,1-4H3. The van der Waals surface area contributed by atoms with Gasteiger partial charge in [-0.15, -0.1) is 0 Å². The van der Waals surface area contributed by atoms with Gasteiger partial charge >= 0.3 is 6.09 Å². The molecule has 1 amide bonds. The Kier molecular flexibility index (Phi) is 5.02. The molecule has 1 aromatic carbocycles. The van der Waals surface area contributed by atoms with E-state index >= 15 is 0 Å². The lowest BCUT2D eigenvalue weighted by Gasteiger charge is -2.23. The summed E-state index contributed by atoms with van der Waals surface area (Å²) in [6.45, 7) is 7.27. The first-order chi connectivity index (χ1) is 13.0. The van der Waals surface area contributed by atoms with Crippen LogP contribution in [-0.4, -0.2) is 36.6 Å². The summed E-state index contributed by atoms with van der Waals surface area (Å²) < 4.78 is 32.3. The van der Waals surface area contributed by atoms with Crippen molar-refractivity contribution in [2.24, 2.45) is 5.84 Å². The molecular formula is C18H23N5O4S. The van der Waals surface area contributed by atoms with Crippen LogP contribution in [0, 0.1) is 6.92 Å². The Bertz CT molecular complexity index is 1000. The summed E-state index contributed by atoms with van der Waals surface area (Å²) in [6.07, 6.45) is 0.846. The van der Waals surface area contributed by atoms with Gasteiger partial charge in [-0.25, -0.2) is 33.3 Å². The van der Waals surface area contributed by atoms with E-state index < -0.39 is 21.7 Å². The van der Waals surface area contributed by atoms with Crippen molar-refractivity contribution in [2.45, 2.75) is 44.6 Å². The van der Waals surface area contributed by atoms with Crippen LogP contribution in [0.2, 0.25) is 0 Å². The van der Waals surface area contributed by atoms with Gasteiger partial charge < -0.3 is 4.74 Å². The maximum atomic E-state index is 12.9. The first-order valence-corrected chi connectivity index (χ1v) is 10.2. The lowest BCUT2D eigenvalue weighted by atomic mass is 10.2. The Balaban J connectivity index is 1.87. The number of anilines is 2. The summed E-state index contributed by atoms with van der Waals surface area (Å²) in [5, 5.41) is 0.760. The minimum atomic E-state index is -3.75. The van der Waals surface area contributed by atoms with Crippen LogP contribution >= 0.6 is 0 Å². The molecule has 2 N–H and O–H groups in total. The zero-order valence-corrected chi connectivity index (χ0v) is 17.0. The van der Waals surface area contributed by atoms with Crippen molar-refractivity contribution in [3.8, 4) is 0 Å². The number of hydrogen-bond acceptors (Lipinski definition) is 7. The minimum absolute atomic E-state index is 0.0857. The van der Waals surface area contributed by atoms with Gasteiger partial charge in [0.1, 0.15) is 5.60 Å². The number of aromatic nitrogens is 2. The van der Waals surface area contributed by atoms with Gasteiger partial charge in [0.25, 0.3) is 10.0 Å². The van der Waals surface area contributed by atoms with Crippen LogP contribution < -0.4 is 15.2 Å². The molecular weight excluding hydrogens is 382 g/mol. The average molecular weight is 405 g/mol. The molecule has 0 aliphatic carbocycles. The van der Waals surface area contributed by atoms with Crippen molar-refractivity contribution in [1.29, 1.82) is 0 Å². The Labute approximate surface area is 164 Å². The van der Waals surface area contributed by atoms with E-state index in [0.29, 0.717) is 12.1 Å². The summed E-state index contributed by atoms with van der Waals surface area (Å²) >= 11 is 0. The lowest BCUT2D eigenvalue weighted by Crippen LogP contribution is -2.42. The van der Waals surface area contributed by atoms with Crippen LogP contribution in [0.3, 0.4) is 0 Å². The fourth-order valence-electron chi connectivity index (χ4n) is 2.69. The highest BCUT2D eigenvalue weighted by atomic mass is 32.2. The number of amides is 1. The third-order valence-electron chi connectivity index (χ3n) is 4.04. The third kappa shape index (κ3) is 3.92. The number of benzene rings is 1. The minimum Gasteiger partial charge on any atom is -0.442 e.